The van der Waals surface area contributed by atoms with E-state index >= 15 is 0 Å². The van der Waals surface area contributed by atoms with Gasteiger partial charge in [0.25, 0.3) is 0 Å². The van der Waals surface area contributed by atoms with Gasteiger partial charge in [0, 0.05) is 0 Å². The van der Waals surface area contributed by atoms with Gasteiger partial charge in [-0.2, -0.15) is 0 Å². The molecule has 0 amide bonds. The SMILES string of the molecule is O[C@@H]1[C@H](F)[C@H](O)OC[C@H]1O. The maximum atomic E-state index is 12.4. The van der Waals surface area contributed by atoms with Crippen molar-refractivity contribution >= 4 is 0 Å². The highest BCUT2D eigenvalue weighted by Gasteiger charge is 2.37. The molecule has 0 aromatic rings. The van der Waals surface area contributed by atoms with E-state index in [1.165, 1.54) is 0 Å². The molecule has 0 spiro atoms. The highest BCUT2D eigenvalue weighted by atomic mass is 19.1. The van der Waals surface area contributed by atoms with Crippen LogP contribution in [0.4, 0.5) is 4.39 Å². The lowest BCUT2D eigenvalue weighted by molar-refractivity contribution is -0.233. The monoisotopic (exact) mass is 152 g/mol. The van der Waals surface area contributed by atoms with Crippen molar-refractivity contribution in [3.05, 3.63) is 0 Å². The second kappa shape index (κ2) is 2.79. The minimum atomic E-state index is -1.91. The number of ether oxygens (including phenoxy) is 1. The fourth-order valence-electron chi connectivity index (χ4n) is 0.769. The van der Waals surface area contributed by atoms with Gasteiger partial charge < -0.3 is 20.1 Å². The molecule has 0 aliphatic carbocycles. The molecule has 0 aromatic heterocycles. The molecule has 1 rings (SSSR count). The van der Waals surface area contributed by atoms with E-state index in [0.29, 0.717) is 0 Å². The van der Waals surface area contributed by atoms with E-state index < -0.39 is 24.7 Å². The van der Waals surface area contributed by atoms with E-state index in [-0.39, 0.29) is 6.61 Å². The first kappa shape index (κ1) is 7.87. The van der Waals surface area contributed by atoms with E-state index in [1.807, 2.05) is 0 Å². The average molecular weight is 152 g/mol. The molecule has 60 valence electrons. The summed E-state index contributed by atoms with van der Waals surface area (Å²) >= 11 is 0. The lowest BCUT2D eigenvalue weighted by Crippen LogP contribution is -2.50. The summed E-state index contributed by atoms with van der Waals surface area (Å²) < 4.78 is 16.8. The molecule has 0 radical (unpaired) electrons. The number of aliphatic hydroxyl groups excluding tert-OH is 3. The van der Waals surface area contributed by atoms with Crippen LogP contribution in [-0.2, 0) is 4.74 Å². The minimum Gasteiger partial charge on any atom is -0.388 e. The fourth-order valence-corrected chi connectivity index (χ4v) is 0.769. The number of hydrogen-bond acceptors (Lipinski definition) is 4. The first-order valence-corrected chi connectivity index (χ1v) is 2.93. The van der Waals surface area contributed by atoms with Crippen molar-refractivity contribution in [1.82, 2.24) is 0 Å². The van der Waals surface area contributed by atoms with Crippen LogP contribution in [0.1, 0.15) is 0 Å². The Morgan fingerprint density at radius 1 is 1.30 bits per heavy atom. The van der Waals surface area contributed by atoms with Crippen molar-refractivity contribution in [3.63, 3.8) is 0 Å². The normalized spacial score (nSPS) is 49.2. The van der Waals surface area contributed by atoms with Gasteiger partial charge in [0.05, 0.1) is 6.61 Å². The van der Waals surface area contributed by atoms with Gasteiger partial charge in [-0.25, -0.2) is 4.39 Å². The third kappa shape index (κ3) is 1.27. The van der Waals surface area contributed by atoms with E-state index in [1.54, 1.807) is 0 Å². The van der Waals surface area contributed by atoms with Crippen LogP contribution < -0.4 is 0 Å². The number of hydrogen-bond donors (Lipinski definition) is 3. The van der Waals surface area contributed by atoms with Crippen molar-refractivity contribution in [3.8, 4) is 0 Å². The first-order chi connectivity index (χ1) is 4.63. The Balaban J connectivity index is 2.52. The van der Waals surface area contributed by atoms with Crippen molar-refractivity contribution in [2.75, 3.05) is 6.61 Å². The second-order valence-electron chi connectivity index (χ2n) is 2.23. The predicted molar refractivity (Wildman–Crippen MR) is 28.9 cm³/mol. The maximum absolute atomic E-state index is 12.4. The second-order valence-corrected chi connectivity index (χ2v) is 2.23. The third-order valence-electron chi connectivity index (χ3n) is 1.43. The molecule has 1 aliphatic heterocycles. The zero-order valence-corrected chi connectivity index (χ0v) is 5.14. The molecule has 1 fully saturated rings. The number of aliphatic hydroxyl groups is 3. The highest BCUT2D eigenvalue weighted by molar-refractivity contribution is 4.81. The topological polar surface area (TPSA) is 69.9 Å². The zero-order valence-electron chi connectivity index (χ0n) is 5.14. The molecule has 0 aromatic carbocycles. The summed E-state index contributed by atoms with van der Waals surface area (Å²) in [4.78, 5) is 0. The summed E-state index contributed by atoms with van der Waals surface area (Å²) in [6.07, 6.45) is -6.30. The molecule has 10 heavy (non-hydrogen) atoms. The largest absolute Gasteiger partial charge is 0.388 e. The molecular formula is C5H9FO4. The molecular weight excluding hydrogens is 143 g/mol. The van der Waals surface area contributed by atoms with Crippen LogP contribution in [0.3, 0.4) is 0 Å². The van der Waals surface area contributed by atoms with Gasteiger partial charge in [0.15, 0.2) is 12.5 Å². The van der Waals surface area contributed by atoms with Gasteiger partial charge in [-0.3, -0.25) is 0 Å². The van der Waals surface area contributed by atoms with Crippen molar-refractivity contribution in [2.24, 2.45) is 0 Å². The van der Waals surface area contributed by atoms with Crippen LogP contribution in [0.2, 0.25) is 0 Å². The van der Waals surface area contributed by atoms with Gasteiger partial charge in [0.2, 0.25) is 0 Å². The Kier molecular flexibility index (Phi) is 2.20. The van der Waals surface area contributed by atoms with E-state index in [2.05, 4.69) is 4.74 Å². The number of halogens is 1. The maximum Gasteiger partial charge on any atom is 0.189 e. The zero-order chi connectivity index (χ0) is 7.72. The molecule has 1 heterocycles. The standard InChI is InChI=1S/C5H9FO4/c6-3-4(8)2(7)1-10-5(3)9/h2-5,7-9H,1H2/t2-,3+,4+,5-/m1/s1. The summed E-state index contributed by atoms with van der Waals surface area (Å²) in [5.41, 5.74) is 0. The van der Waals surface area contributed by atoms with Crippen LogP contribution in [0.5, 0.6) is 0 Å². The Morgan fingerprint density at radius 3 is 2.40 bits per heavy atom. The van der Waals surface area contributed by atoms with E-state index in [0.717, 1.165) is 0 Å². The predicted octanol–water partition coefficient (Wildman–Crippen LogP) is -1.61. The Morgan fingerprint density at radius 2 is 1.90 bits per heavy atom. The average Bonchev–Trinajstić information content (AvgIpc) is 1.93. The molecule has 1 saturated heterocycles. The molecule has 4 atom stereocenters. The Bertz CT molecular complexity index is 106. The van der Waals surface area contributed by atoms with Crippen LogP contribution >= 0.6 is 0 Å². The quantitative estimate of drug-likeness (QED) is 0.391. The molecule has 0 saturated carbocycles. The van der Waals surface area contributed by atoms with Crippen molar-refractivity contribution in [1.29, 1.82) is 0 Å². The lowest BCUT2D eigenvalue weighted by atomic mass is 10.1. The number of rotatable bonds is 0. The summed E-state index contributed by atoms with van der Waals surface area (Å²) in [5, 5.41) is 26.1. The Hall–Kier alpha value is -0.230. The smallest absolute Gasteiger partial charge is 0.189 e. The molecule has 1 aliphatic rings. The van der Waals surface area contributed by atoms with E-state index in [4.69, 9.17) is 15.3 Å². The number of alkyl halides is 1. The minimum absolute atomic E-state index is 0.233. The summed E-state index contributed by atoms with van der Waals surface area (Å²) in [7, 11) is 0. The fraction of sp³-hybridized carbons (Fsp3) is 1.00. The van der Waals surface area contributed by atoms with Gasteiger partial charge in [0.1, 0.15) is 12.2 Å². The highest BCUT2D eigenvalue weighted by Crippen LogP contribution is 2.16. The lowest BCUT2D eigenvalue weighted by Gasteiger charge is -2.30. The third-order valence-corrected chi connectivity index (χ3v) is 1.43. The van der Waals surface area contributed by atoms with Crippen LogP contribution in [0, 0.1) is 0 Å². The molecule has 5 heteroatoms. The van der Waals surface area contributed by atoms with Gasteiger partial charge >= 0.3 is 0 Å². The van der Waals surface area contributed by atoms with Crippen molar-refractivity contribution < 1.29 is 24.4 Å². The van der Waals surface area contributed by atoms with Crippen LogP contribution in [0.25, 0.3) is 0 Å². The molecule has 4 nitrogen and oxygen atoms in total. The molecule has 3 N–H and O–H groups in total. The summed E-state index contributed by atoms with van der Waals surface area (Å²) in [5.74, 6) is 0. The van der Waals surface area contributed by atoms with Gasteiger partial charge in [-0.15, -0.1) is 0 Å². The van der Waals surface area contributed by atoms with Crippen LogP contribution in [-0.4, -0.2) is 46.6 Å². The molecule has 0 bridgehead atoms. The van der Waals surface area contributed by atoms with Gasteiger partial charge in [-0.05, 0) is 0 Å². The molecule has 0 unspecified atom stereocenters. The Labute approximate surface area is 56.9 Å². The summed E-state index contributed by atoms with van der Waals surface area (Å²) in [6, 6.07) is 0. The van der Waals surface area contributed by atoms with Crippen molar-refractivity contribution in [2.45, 2.75) is 24.7 Å². The summed E-state index contributed by atoms with van der Waals surface area (Å²) in [6.45, 7) is -0.233. The first-order valence-electron chi connectivity index (χ1n) is 2.93. The van der Waals surface area contributed by atoms with Gasteiger partial charge in [-0.1, -0.05) is 0 Å². The van der Waals surface area contributed by atoms with E-state index in [9.17, 15) is 4.39 Å². The van der Waals surface area contributed by atoms with Crippen LogP contribution in [0.15, 0.2) is 0 Å².